The van der Waals surface area contributed by atoms with Crippen LogP contribution in [0.3, 0.4) is 0 Å². The maximum absolute atomic E-state index is 12.9. The van der Waals surface area contributed by atoms with E-state index in [2.05, 4.69) is 21.5 Å². The highest BCUT2D eigenvalue weighted by Gasteiger charge is 2.27. The lowest BCUT2D eigenvalue weighted by Crippen LogP contribution is -2.39. The first kappa shape index (κ1) is 19.7. The lowest BCUT2D eigenvalue weighted by Gasteiger charge is -2.32. The number of rotatable bonds is 5. The van der Waals surface area contributed by atoms with Crippen LogP contribution >= 0.6 is 11.3 Å². The van der Waals surface area contributed by atoms with Gasteiger partial charge in [-0.05, 0) is 41.4 Å². The van der Waals surface area contributed by atoms with Crippen molar-refractivity contribution in [1.82, 2.24) is 24.5 Å². The van der Waals surface area contributed by atoms with Gasteiger partial charge in [0, 0.05) is 55.6 Å². The van der Waals surface area contributed by atoms with E-state index in [4.69, 9.17) is 4.98 Å². The Hall–Kier alpha value is -3.20. The van der Waals surface area contributed by atoms with E-state index in [-0.39, 0.29) is 11.8 Å². The molecule has 0 aromatic carbocycles. The first-order chi connectivity index (χ1) is 15.2. The molecule has 156 valence electrons. The summed E-state index contributed by atoms with van der Waals surface area (Å²) in [5.74, 6) is 1.22. The number of carbonyl (C=O) groups is 1. The van der Waals surface area contributed by atoms with Crippen molar-refractivity contribution in [2.75, 3.05) is 18.4 Å². The van der Waals surface area contributed by atoms with Crippen molar-refractivity contribution in [1.29, 1.82) is 0 Å². The molecule has 1 amide bonds. The van der Waals surface area contributed by atoms with E-state index in [1.165, 1.54) is 0 Å². The molecule has 4 aromatic heterocycles. The number of fused-ring (bicyclic) bond motifs is 1. The van der Waals surface area contributed by atoms with Gasteiger partial charge in [-0.1, -0.05) is 6.07 Å². The Kier molecular flexibility index (Phi) is 5.42. The summed E-state index contributed by atoms with van der Waals surface area (Å²) in [4.78, 5) is 24.0. The highest BCUT2D eigenvalue weighted by Crippen LogP contribution is 2.29. The summed E-state index contributed by atoms with van der Waals surface area (Å²) in [5.41, 5.74) is 4.77. The Morgan fingerprint density at radius 2 is 2.26 bits per heavy atom. The molecule has 0 spiro atoms. The van der Waals surface area contributed by atoms with Gasteiger partial charge in [-0.2, -0.15) is 21.0 Å². The van der Waals surface area contributed by atoms with Gasteiger partial charge in [0.2, 0.25) is 0 Å². The molecule has 1 aliphatic rings. The van der Waals surface area contributed by atoms with Crippen LogP contribution in [0.15, 0.2) is 53.6 Å². The Labute approximate surface area is 185 Å². The maximum atomic E-state index is 12.9. The second-order valence-corrected chi connectivity index (χ2v) is 8.73. The van der Waals surface area contributed by atoms with Gasteiger partial charge in [0.05, 0.1) is 11.3 Å². The average Bonchev–Trinajstić information content (AvgIpc) is 3.48. The molecule has 7 nitrogen and oxygen atoms in total. The predicted molar refractivity (Wildman–Crippen MR) is 125 cm³/mol. The molecule has 0 saturated carbocycles. The maximum Gasteiger partial charge on any atom is 0.254 e. The van der Waals surface area contributed by atoms with Crippen molar-refractivity contribution < 1.29 is 4.79 Å². The van der Waals surface area contributed by atoms with E-state index in [0.717, 1.165) is 53.1 Å². The summed E-state index contributed by atoms with van der Waals surface area (Å²) >= 11 is 1.56. The first-order valence-corrected chi connectivity index (χ1v) is 11.4. The molecule has 1 unspecified atom stereocenters. The second kappa shape index (κ2) is 8.51. The third kappa shape index (κ3) is 4.05. The summed E-state index contributed by atoms with van der Waals surface area (Å²) in [6, 6.07) is 7.96. The van der Waals surface area contributed by atoms with E-state index in [0.29, 0.717) is 13.1 Å². The Bertz CT molecular complexity index is 1190. The number of hydrogen-bond acceptors (Lipinski definition) is 6. The van der Waals surface area contributed by atoms with Crippen LogP contribution < -0.4 is 10.8 Å². The molecule has 5 rings (SSSR count). The average molecular weight is 430 g/mol. The fourth-order valence-electron chi connectivity index (χ4n) is 4.09. The molecular formula is C22H23BN6OS. The van der Waals surface area contributed by atoms with E-state index in [9.17, 15) is 4.79 Å². The molecule has 1 fully saturated rings. The lowest BCUT2D eigenvalue weighted by atomic mass is 9.93. The zero-order valence-electron chi connectivity index (χ0n) is 17.4. The molecule has 1 atom stereocenters. The van der Waals surface area contributed by atoms with Crippen LogP contribution in [0.4, 0.5) is 5.82 Å². The fraction of sp³-hybridized carbons (Fsp3) is 0.273. The van der Waals surface area contributed by atoms with Gasteiger partial charge < -0.3 is 10.2 Å². The summed E-state index contributed by atoms with van der Waals surface area (Å²) in [6.45, 7) is 2.14. The Balaban J connectivity index is 1.42. The highest BCUT2D eigenvalue weighted by molar-refractivity contribution is 7.08. The first-order valence-electron chi connectivity index (χ1n) is 10.5. The number of amides is 1. The number of anilines is 1. The minimum Gasteiger partial charge on any atom is -0.366 e. The number of hydrogen-bond donors (Lipinski definition) is 1. The van der Waals surface area contributed by atoms with Crippen molar-refractivity contribution >= 4 is 42.0 Å². The van der Waals surface area contributed by atoms with Crippen LogP contribution in [0.1, 0.15) is 40.4 Å². The minimum absolute atomic E-state index is 0.113. The molecule has 9 heteroatoms. The monoisotopic (exact) mass is 430 g/mol. The molecule has 5 heterocycles. The highest BCUT2D eigenvalue weighted by atomic mass is 32.1. The Morgan fingerprint density at radius 3 is 3.06 bits per heavy atom. The number of pyridine rings is 1. The molecule has 0 bridgehead atoms. The number of piperidine rings is 1. The smallest absolute Gasteiger partial charge is 0.254 e. The summed E-state index contributed by atoms with van der Waals surface area (Å²) in [6.07, 6.45) is 7.47. The van der Waals surface area contributed by atoms with Crippen LogP contribution in [0, 0.1) is 0 Å². The van der Waals surface area contributed by atoms with Crippen LogP contribution in [-0.4, -0.2) is 51.3 Å². The van der Waals surface area contributed by atoms with Gasteiger partial charge in [0.25, 0.3) is 5.91 Å². The largest absolute Gasteiger partial charge is 0.366 e. The Morgan fingerprint density at radius 1 is 1.32 bits per heavy atom. The standard InChI is InChI=1S/C22H23BN6OS/c23-18-12-26-29-20(25-11-15-3-1-6-24-10-15)9-19(27-21(18)29)16-4-2-7-28(13-16)22(30)17-5-8-31-14-17/h1,3,5-6,8-10,12,14,16,25H,2,4,7,11,13,23H2. The minimum atomic E-state index is 0.113. The third-order valence-corrected chi connectivity index (χ3v) is 6.44. The molecule has 1 saturated heterocycles. The number of nitrogens with zero attached hydrogens (tertiary/aromatic N) is 5. The molecule has 0 radical (unpaired) electrons. The van der Waals surface area contributed by atoms with Crippen molar-refractivity contribution in [3.63, 3.8) is 0 Å². The van der Waals surface area contributed by atoms with Crippen molar-refractivity contribution in [2.45, 2.75) is 25.3 Å². The van der Waals surface area contributed by atoms with Gasteiger partial charge in [-0.3, -0.25) is 9.78 Å². The quantitative estimate of drug-likeness (QED) is 0.491. The molecule has 0 aliphatic carbocycles. The van der Waals surface area contributed by atoms with Gasteiger partial charge in [0.15, 0.2) is 5.65 Å². The number of thiophene rings is 1. The van der Waals surface area contributed by atoms with Crippen molar-refractivity contribution in [2.24, 2.45) is 0 Å². The number of likely N-dealkylation sites (tertiary alicyclic amines) is 1. The second-order valence-electron chi connectivity index (χ2n) is 7.95. The van der Waals surface area contributed by atoms with Gasteiger partial charge in [-0.15, -0.1) is 0 Å². The summed E-state index contributed by atoms with van der Waals surface area (Å²) in [7, 11) is 2.03. The topological polar surface area (TPSA) is 75.4 Å². The third-order valence-electron chi connectivity index (χ3n) is 5.76. The van der Waals surface area contributed by atoms with Gasteiger partial charge in [-0.25, -0.2) is 4.98 Å². The van der Waals surface area contributed by atoms with Crippen LogP contribution in [0.2, 0.25) is 0 Å². The van der Waals surface area contributed by atoms with Gasteiger partial charge >= 0.3 is 0 Å². The molecule has 1 N–H and O–H groups in total. The summed E-state index contributed by atoms with van der Waals surface area (Å²) < 4.78 is 1.85. The van der Waals surface area contributed by atoms with Crippen molar-refractivity contribution in [3.8, 4) is 0 Å². The molecule has 31 heavy (non-hydrogen) atoms. The molecule has 4 aromatic rings. The normalized spacial score (nSPS) is 16.5. The van der Waals surface area contributed by atoms with Crippen LogP contribution in [-0.2, 0) is 6.54 Å². The fourth-order valence-corrected chi connectivity index (χ4v) is 4.72. The number of nitrogens with one attached hydrogen (secondary N) is 1. The number of carbonyl (C=O) groups excluding carboxylic acids is 1. The van der Waals surface area contributed by atoms with E-state index >= 15 is 0 Å². The summed E-state index contributed by atoms with van der Waals surface area (Å²) in [5, 5.41) is 11.9. The number of aromatic nitrogens is 4. The van der Waals surface area contributed by atoms with E-state index in [1.807, 2.05) is 58.6 Å². The van der Waals surface area contributed by atoms with Crippen LogP contribution in [0.25, 0.3) is 5.65 Å². The SMILES string of the molecule is Bc1cnn2c(NCc3cccnc3)cc(C3CCCN(C(=O)c4ccsc4)C3)nc12. The van der Waals surface area contributed by atoms with Gasteiger partial charge in [0.1, 0.15) is 13.7 Å². The van der Waals surface area contributed by atoms with E-state index in [1.54, 1.807) is 17.5 Å². The van der Waals surface area contributed by atoms with E-state index < -0.39 is 0 Å². The molecule has 1 aliphatic heterocycles. The van der Waals surface area contributed by atoms with Crippen LogP contribution in [0.5, 0.6) is 0 Å². The predicted octanol–water partition coefficient (Wildman–Crippen LogP) is 2.08. The molecular weight excluding hydrogens is 407 g/mol. The zero-order chi connectivity index (χ0) is 21.2. The zero-order valence-corrected chi connectivity index (χ0v) is 18.2. The van der Waals surface area contributed by atoms with Crippen molar-refractivity contribution in [3.05, 3.63) is 70.4 Å². The lowest BCUT2D eigenvalue weighted by molar-refractivity contribution is 0.0706.